The Labute approximate surface area is 191 Å². The molecule has 2 aromatic carbocycles. The van der Waals surface area contributed by atoms with Gasteiger partial charge in [0.25, 0.3) is 5.91 Å². The second-order valence-electron chi connectivity index (χ2n) is 6.67. The van der Waals surface area contributed by atoms with Crippen molar-refractivity contribution in [3.8, 4) is 11.5 Å². The lowest BCUT2D eigenvalue weighted by Gasteiger charge is -2.14. The van der Waals surface area contributed by atoms with E-state index < -0.39 is 0 Å². The molecule has 0 atom stereocenters. The van der Waals surface area contributed by atoms with Gasteiger partial charge >= 0.3 is 0 Å². The van der Waals surface area contributed by atoms with E-state index in [1.165, 1.54) is 5.01 Å². The van der Waals surface area contributed by atoms with Gasteiger partial charge in [-0.2, -0.15) is 10.1 Å². The van der Waals surface area contributed by atoms with Gasteiger partial charge in [0.1, 0.15) is 6.61 Å². The Morgan fingerprint density at radius 1 is 1.17 bits per heavy atom. The number of benzene rings is 2. The molecule has 3 rings (SSSR count). The number of hydrogen-bond acceptors (Lipinski definition) is 4. The van der Waals surface area contributed by atoms with E-state index in [4.69, 9.17) is 9.47 Å². The molecular weight excluding hydrogens is 491 g/mol. The number of amides is 1. The van der Waals surface area contributed by atoms with E-state index in [0.717, 1.165) is 33.4 Å². The molecule has 6 heteroatoms. The van der Waals surface area contributed by atoms with Crippen LogP contribution in [0.4, 0.5) is 5.69 Å². The summed E-state index contributed by atoms with van der Waals surface area (Å²) in [6, 6.07) is 13.4. The molecule has 1 amide bonds. The maximum atomic E-state index is 13.2. The number of nitrogens with zero attached hydrogens (tertiary/aromatic N) is 2. The first-order valence-corrected chi connectivity index (χ1v) is 11.1. The number of halogens is 1. The summed E-state index contributed by atoms with van der Waals surface area (Å²) >= 11 is 2.22. The van der Waals surface area contributed by atoms with E-state index in [-0.39, 0.29) is 5.91 Å². The van der Waals surface area contributed by atoms with E-state index in [1.807, 2.05) is 55.5 Å². The van der Waals surface area contributed by atoms with Crippen LogP contribution in [0, 0.1) is 3.57 Å². The average molecular weight is 516 g/mol. The van der Waals surface area contributed by atoms with Gasteiger partial charge in [0.2, 0.25) is 0 Å². The quantitative estimate of drug-likeness (QED) is 0.239. The van der Waals surface area contributed by atoms with Crippen LogP contribution in [0.25, 0.3) is 6.08 Å². The van der Waals surface area contributed by atoms with Crippen LogP contribution in [0.1, 0.15) is 32.3 Å². The summed E-state index contributed by atoms with van der Waals surface area (Å²) in [6.45, 7) is 8.63. The van der Waals surface area contributed by atoms with E-state index in [0.29, 0.717) is 30.3 Å². The van der Waals surface area contributed by atoms with Crippen LogP contribution in [-0.4, -0.2) is 24.8 Å². The minimum atomic E-state index is -0.121. The molecule has 0 saturated heterocycles. The number of carbonyl (C=O) groups is 1. The van der Waals surface area contributed by atoms with Crippen molar-refractivity contribution >= 4 is 46.0 Å². The van der Waals surface area contributed by atoms with Crippen LogP contribution < -0.4 is 14.5 Å². The average Bonchev–Trinajstić information content (AvgIpc) is 3.04. The van der Waals surface area contributed by atoms with Crippen LogP contribution >= 0.6 is 22.6 Å². The first-order chi connectivity index (χ1) is 14.6. The van der Waals surface area contributed by atoms with Crippen molar-refractivity contribution in [1.29, 1.82) is 0 Å². The number of rotatable bonds is 9. The second kappa shape index (κ2) is 10.4. The van der Waals surface area contributed by atoms with Crippen LogP contribution in [0.5, 0.6) is 11.5 Å². The molecule has 1 aliphatic heterocycles. The van der Waals surface area contributed by atoms with Crippen molar-refractivity contribution in [2.45, 2.75) is 26.7 Å². The molecule has 1 heterocycles. The Morgan fingerprint density at radius 3 is 2.60 bits per heavy atom. The minimum Gasteiger partial charge on any atom is -0.490 e. The standard InChI is InChI=1S/C24H25IN2O3/c1-4-10-21-19(24(28)27(26-21)18-11-8-7-9-12-18)14-17-15-20(25)23(30-13-5-2)22(16-17)29-6-3/h5,7-9,11-12,14-16H,2,4,6,10,13H2,1,3H3. The number of hydrogen-bond donors (Lipinski definition) is 0. The van der Waals surface area contributed by atoms with Gasteiger partial charge in [-0.3, -0.25) is 4.79 Å². The summed E-state index contributed by atoms with van der Waals surface area (Å²) in [5, 5.41) is 6.09. The summed E-state index contributed by atoms with van der Waals surface area (Å²) in [5.41, 5.74) is 3.04. The highest BCUT2D eigenvalue weighted by molar-refractivity contribution is 14.1. The van der Waals surface area contributed by atoms with Crippen molar-refractivity contribution < 1.29 is 14.3 Å². The van der Waals surface area contributed by atoms with E-state index >= 15 is 0 Å². The highest BCUT2D eigenvalue weighted by Gasteiger charge is 2.30. The fraction of sp³-hybridized carbons (Fsp3) is 0.250. The minimum absolute atomic E-state index is 0.121. The summed E-state index contributed by atoms with van der Waals surface area (Å²) in [6.07, 6.45) is 5.23. The highest BCUT2D eigenvalue weighted by Crippen LogP contribution is 2.36. The molecule has 0 unspecified atom stereocenters. The molecule has 0 aliphatic carbocycles. The highest BCUT2D eigenvalue weighted by atomic mass is 127. The van der Waals surface area contributed by atoms with E-state index in [9.17, 15) is 4.79 Å². The Kier molecular flexibility index (Phi) is 7.68. The third-order valence-corrected chi connectivity index (χ3v) is 5.23. The molecule has 2 aromatic rings. The zero-order chi connectivity index (χ0) is 21.5. The molecular formula is C24H25IN2O3. The monoisotopic (exact) mass is 516 g/mol. The normalized spacial score (nSPS) is 14.8. The Bertz CT molecular complexity index is 983. The third-order valence-electron chi connectivity index (χ3n) is 4.43. The number of anilines is 1. The van der Waals surface area contributed by atoms with Gasteiger partial charge in [0.05, 0.1) is 27.1 Å². The Hall–Kier alpha value is -2.61. The Morgan fingerprint density at radius 2 is 1.93 bits per heavy atom. The smallest absolute Gasteiger partial charge is 0.280 e. The van der Waals surface area contributed by atoms with Gasteiger partial charge in [-0.15, -0.1) is 0 Å². The molecule has 5 nitrogen and oxygen atoms in total. The van der Waals surface area contributed by atoms with Crippen LogP contribution in [-0.2, 0) is 4.79 Å². The zero-order valence-corrected chi connectivity index (χ0v) is 19.4. The SMILES string of the molecule is C=CCOc1c(I)cc(C=C2C(=O)N(c3ccccc3)N=C2CCC)cc1OCC. The van der Waals surface area contributed by atoms with Crippen LogP contribution in [0.15, 0.2) is 65.8 Å². The molecule has 0 aromatic heterocycles. The summed E-state index contributed by atoms with van der Waals surface area (Å²) in [7, 11) is 0. The first-order valence-electron chi connectivity index (χ1n) is 9.98. The van der Waals surface area contributed by atoms with Crippen molar-refractivity contribution in [1.82, 2.24) is 0 Å². The fourth-order valence-electron chi connectivity index (χ4n) is 3.15. The van der Waals surface area contributed by atoms with Crippen LogP contribution in [0.3, 0.4) is 0 Å². The molecule has 0 N–H and O–H groups in total. The van der Waals surface area contributed by atoms with Crippen molar-refractivity contribution in [3.63, 3.8) is 0 Å². The van der Waals surface area contributed by atoms with Gasteiger partial charge in [-0.1, -0.05) is 44.2 Å². The summed E-state index contributed by atoms with van der Waals surface area (Å²) in [4.78, 5) is 13.2. The largest absolute Gasteiger partial charge is 0.490 e. The first kappa shape index (κ1) is 22.1. The second-order valence-corrected chi connectivity index (χ2v) is 7.83. The molecule has 0 bridgehead atoms. The summed E-state index contributed by atoms with van der Waals surface area (Å²) < 4.78 is 12.5. The molecule has 0 radical (unpaired) electrons. The molecule has 156 valence electrons. The van der Waals surface area contributed by atoms with Gasteiger partial charge in [0, 0.05) is 0 Å². The summed E-state index contributed by atoms with van der Waals surface area (Å²) in [5.74, 6) is 1.22. The molecule has 0 saturated carbocycles. The maximum Gasteiger partial charge on any atom is 0.280 e. The van der Waals surface area contributed by atoms with Gasteiger partial charge in [-0.05, 0) is 71.8 Å². The Balaban J connectivity index is 2.00. The lowest BCUT2D eigenvalue weighted by Crippen LogP contribution is -2.21. The van der Waals surface area contributed by atoms with Gasteiger partial charge in [0.15, 0.2) is 11.5 Å². The lowest BCUT2D eigenvalue weighted by atomic mass is 10.0. The molecule has 0 spiro atoms. The predicted molar refractivity (Wildman–Crippen MR) is 130 cm³/mol. The van der Waals surface area contributed by atoms with Gasteiger partial charge in [-0.25, -0.2) is 0 Å². The van der Waals surface area contributed by atoms with Gasteiger partial charge < -0.3 is 9.47 Å². The number of para-hydroxylation sites is 1. The van der Waals surface area contributed by atoms with Crippen molar-refractivity contribution in [2.75, 3.05) is 18.2 Å². The van der Waals surface area contributed by atoms with Crippen LogP contribution in [0.2, 0.25) is 0 Å². The number of hydrazone groups is 1. The third kappa shape index (κ3) is 4.92. The maximum absolute atomic E-state index is 13.2. The van der Waals surface area contributed by atoms with E-state index in [1.54, 1.807) is 6.08 Å². The predicted octanol–water partition coefficient (Wildman–Crippen LogP) is 5.84. The fourth-order valence-corrected chi connectivity index (χ4v) is 3.93. The van der Waals surface area contributed by atoms with Crippen molar-refractivity contribution in [3.05, 3.63) is 69.8 Å². The molecule has 30 heavy (non-hydrogen) atoms. The van der Waals surface area contributed by atoms with Crippen molar-refractivity contribution in [2.24, 2.45) is 5.10 Å². The number of ether oxygens (including phenoxy) is 2. The lowest BCUT2D eigenvalue weighted by molar-refractivity contribution is -0.114. The van der Waals surface area contributed by atoms with E-state index in [2.05, 4.69) is 41.2 Å². The number of carbonyl (C=O) groups excluding carboxylic acids is 1. The molecule has 1 aliphatic rings. The zero-order valence-electron chi connectivity index (χ0n) is 17.2. The molecule has 0 fully saturated rings. The topological polar surface area (TPSA) is 51.1 Å².